The summed E-state index contributed by atoms with van der Waals surface area (Å²) in [4.78, 5) is 26.0. The van der Waals surface area contributed by atoms with Crippen molar-refractivity contribution < 1.29 is 24.3 Å². The Morgan fingerprint density at radius 1 is 1.35 bits per heavy atom. The number of hydroxylamine groups is 1. The first-order valence-corrected chi connectivity index (χ1v) is 4.94. The number of hydrogen-bond acceptors (Lipinski definition) is 4. The SMILES string of the molecule is C[C@@H](ONC(=O)OCc1ccccc1)C(=O)O. The number of carbonyl (C=O) groups is 2. The van der Waals surface area contributed by atoms with Gasteiger partial charge >= 0.3 is 12.1 Å². The van der Waals surface area contributed by atoms with E-state index in [0.29, 0.717) is 0 Å². The van der Waals surface area contributed by atoms with E-state index < -0.39 is 18.2 Å². The molecule has 0 bridgehead atoms. The van der Waals surface area contributed by atoms with Crippen molar-refractivity contribution in [3.05, 3.63) is 35.9 Å². The first-order chi connectivity index (χ1) is 8.09. The molecule has 0 fully saturated rings. The second-order valence-corrected chi connectivity index (χ2v) is 3.26. The van der Waals surface area contributed by atoms with Crippen molar-refractivity contribution >= 4 is 12.1 Å². The minimum Gasteiger partial charge on any atom is -0.479 e. The topological polar surface area (TPSA) is 84.9 Å². The van der Waals surface area contributed by atoms with Gasteiger partial charge in [-0.25, -0.2) is 9.59 Å². The number of amides is 1. The van der Waals surface area contributed by atoms with Gasteiger partial charge in [0.05, 0.1) is 0 Å². The van der Waals surface area contributed by atoms with Gasteiger partial charge < -0.3 is 9.84 Å². The lowest BCUT2D eigenvalue weighted by Crippen LogP contribution is -2.32. The normalized spacial score (nSPS) is 11.6. The molecule has 2 N–H and O–H groups in total. The van der Waals surface area contributed by atoms with Crippen LogP contribution in [0.4, 0.5) is 4.79 Å². The summed E-state index contributed by atoms with van der Waals surface area (Å²) >= 11 is 0. The predicted molar refractivity (Wildman–Crippen MR) is 57.9 cm³/mol. The van der Waals surface area contributed by atoms with Gasteiger partial charge in [0.1, 0.15) is 6.61 Å². The van der Waals surface area contributed by atoms with Gasteiger partial charge in [0, 0.05) is 0 Å². The van der Waals surface area contributed by atoms with Crippen molar-refractivity contribution in [1.82, 2.24) is 5.48 Å². The molecule has 0 aliphatic heterocycles. The van der Waals surface area contributed by atoms with E-state index in [1.165, 1.54) is 6.92 Å². The molecule has 1 rings (SSSR count). The van der Waals surface area contributed by atoms with Crippen molar-refractivity contribution in [2.24, 2.45) is 0 Å². The minimum absolute atomic E-state index is 0.0947. The summed E-state index contributed by atoms with van der Waals surface area (Å²) in [6.45, 7) is 1.39. The summed E-state index contributed by atoms with van der Waals surface area (Å²) in [6, 6.07) is 9.09. The molecular formula is C11H13NO5. The first-order valence-electron chi connectivity index (χ1n) is 4.94. The van der Waals surface area contributed by atoms with Crippen LogP contribution < -0.4 is 5.48 Å². The van der Waals surface area contributed by atoms with E-state index >= 15 is 0 Å². The maximum Gasteiger partial charge on any atom is 0.431 e. The fraction of sp³-hybridized carbons (Fsp3) is 0.273. The highest BCUT2D eigenvalue weighted by molar-refractivity contribution is 5.72. The molecule has 0 aliphatic rings. The molecule has 0 heterocycles. The smallest absolute Gasteiger partial charge is 0.431 e. The molecule has 0 saturated heterocycles. The van der Waals surface area contributed by atoms with E-state index in [1.54, 1.807) is 12.1 Å². The molecule has 1 aromatic rings. The molecule has 1 atom stereocenters. The number of ether oxygens (including phenoxy) is 1. The zero-order valence-corrected chi connectivity index (χ0v) is 9.25. The van der Waals surface area contributed by atoms with Crippen LogP contribution in [-0.2, 0) is 21.0 Å². The van der Waals surface area contributed by atoms with Crippen LogP contribution in [0.1, 0.15) is 12.5 Å². The Labute approximate surface area is 98.1 Å². The molecule has 17 heavy (non-hydrogen) atoms. The molecule has 0 spiro atoms. The summed E-state index contributed by atoms with van der Waals surface area (Å²) in [5.41, 5.74) is 2.72. The van der Waals surface area contributed by atoms with Crippen molar-refractivity contribution in [1.29, 1.82) is 0 Å². The number of benzene rings is 1. The second-order valence-electron chi connectivity index (χ2n) is 3.26. The first kappa shape index (κ1) is 13.0. The van der Waals surface area contributed by atoms with Gasteiger partial charge in [-0.15, -0.1) is 0 Å². The number of rotatable bonds is 5. The molecule has 6 heteroatoms. The highest BCUT2D eigenvalue weighted by Crippen LogP contribution is 2.00. The lowest BCUT2D eigenvalue weighted by atomic mass is 10.2. The summed E-state index contributed by atoms with van der Waals surface area (Å²) in [5.74, 6) is -1.17. The van der Waals surface area contributed by atoms with E-state index in [1.807, 2.05) is 23.7 Å². The van der Waals surface area contributed by atoms with Gasteiger partial charge in [-0.2, -0.15) is 5.48 Å². The number of carboxylic acids is 1. The van der Waals surface area contributed by atoms with Crippen LogP contribution >= 0.6 is 0 Å². The van der Waals surface area contributed by atoms with Crippen molar-refractivity contribution in [2.45, 2.75) is 19.6 Å². The van der Waals surface area contributed by atoms with E-state index in [0.717, 1.165) is 5.56 Å². The molecular weight excluding hydrogens is 226 g/mol. The monoisotopic (exact) mass is 239 g/mol. The summed E-state index contributed by atoms with van der Waals surface area (Å²) in [7, 11) is 0. The van der Waals surface area contributed by atoms with Crippen molar-refractivity contribution in [2.75, 3.05) is 0 Å². The van der Waals surface area contributed by atoms with E-state index in [4.69, 9.17) is 9.84 Å². The Balaban J connectivity index is 2.24. The molecule has 0 aliphatic carbocycles. The van der Waals surface area contributed by atoms with Crippen molar-refractivity contribution in [3.63, 3.8) is 0 Å². The third kappa shape index (κ3) is 4.98. The molecule has 0 radical (unpaired) electrons. The number of carbonyl (C=O) groups excluding carboxylic acids is 1. The molecule has 6 nitrogen and oxygen atoms in total. The van der Waals surface area contributed by atoms with Crippen LogP contribution in [0.15, 0.2) is 30.3 Å². The van der Waals surface area contributed by atoms with E-state index in [2.05, 4.69) is 4.84 Å². The lowest BCUT2D eigenvalue weighted by molar-refractivity contribution is -0.153. The number of hydrogen-bond donors (Lipinski definition) is 2. The van der Waals surface area contributed by atoms with Gasteiger partial charge in [-0.05, 0) is 12.5 Å². The van der Waals surface area contributed by atoms with E-state index in [9.17, 15) is 9.59 Å². The van der Waals surface area contributed by atoms with Crippen LogP contribution in [0.3, 0.4) is 0 Å². The minimum atomic E-state index is -1.17. The highest BCUT2D eigenvalue weighted by atomic mass is 16.7. The Morgan fingerprint density at radius 2 is 2.00 bits per heavy atom. The zero-order chi connectivity index (χ0) is 12.7. The summed E-state index contributed by atoms with van der Waals surface area (Å²) in [6.07, 6.45) is -1.96. The number of carboxylic acid groups (broad SMARTS) is 1. The van der Waals surface area contributed by atoms with Crippen molar-refractivity contribution in [3.8, 4) is 0 Å². The van der Waals surface area contributed by atoms with Crippen LogP contribution in [0, 0.1) is 0 Å². The summed E-state index contributed by atoms with van der Waals surface area (Å²) in [5, 5.41) is 8.49. The lowest BCUT2D eigenvalue weighted by Gasteiger charge is -2.09. The Bertz CT molecular complexity index is 379. The van der Waals surface area contributed by atoms with Crippen LogP contribution in [0.5, 0.6) is 0 Å². The molecule has 1 aromatic carbocycles. The van der Waals surface area contributed by atoms with E-state index in [-0.39, 0.29) is 6.61 Å². The fourth-order valence-corrected chi connectivity index (χ4v) is 0.939. The summed E-state index contributed by atoms with van der Waals surface area (Å²) < 4.78 is 4.79. The standard InChI is InChI=1S/C11H13NO5/c1-8(10(13)14)17-12-11(15)16-7-9-5-3-2-4-6-9/h2-6,8H,7H2,1H3,(H,12,15)(H,13,14)/t8-/m1/s1. The predicted octanol–water partition coefficient (Wildman–Crippen LogP) is 1.32. The fourth-order valence-electron chi connectivity index (χ4n) is 0.939. The Morgan fingerprint density at radius 3 is 2.59 bits per heavy atom. The van der Waals surface area contributed by atoms with Crippen LogP contribution in [0.25, 0.3) is 0 Å². The molecule has 1 amide bonds. The van der Waals surface area contributed by atoms with Crippen LogP contribution in [-0.4, -0.2) is 23.3 Å². The number of aliphatic carboxylic acids is 1. The number of nitrogens with one attached hydrogen (secondary N) is 1. The average molecular weight is 239 g/mol. The third-order valence-electron chi connectivity index (χ3n) is 1.88. The quantitative estimate of drug-likeness (QED) is 0.757. The average Bonchev–Trinajstić information content (AvgIpc) is 2.34. The molecule has 0 aromatic heterocycles. The highest BCUT2D eigenvalue weighted by Gasteiger charge is 2.13. The van der Waals surface area contributed by atoms with Crippen LogP contribution in [0.2, 0.25) is 0 Å². The largest absolute Gasteiger partial charge is 0.479 e. The Kier molecular flexibility index (Phi) is 4.96. The maximum atomic E-state index is 11.1. The second kappa shape index (κ2) is 6.49. The zero-order valence-electron chi connectivity index (χ0n) is 9.25. The molecule has 0 saturated carbocycles. The molecule has 92 valence electrons. The van der Waals surface area contributed by atoms with Gasteiger partial charge in [0.25, 0.3) is 0 Å². The van der Waals surface area contributed by atoms with Gasteiger partial charge in [-0.1, -0.05) is 30.3 Å². The van der Waals surface area contributed by atoms with Gasteiger partial charge in [-0.3, -0.25) is 4.84 Å². The van der Waals surface area contributed by atoms with Gasteiger partial charge in [0.2, 0.25) is 0 Å². The third-order valence-corrected chi connectivity index (χ3v) is 1.88. The molecule has 0 unspecified atom stereocenters. The Hall–Kier alpha value is -2.08. The van der Waals surface area contributed by atoms with Gasteiger partial charge in [0.15, 0.2) is 6.10 Å². The maximum absolute atomic E-state index is 11.1.